The molecule has 130 valence electrons. The molecule has 0 unspecified atom stereocenters. The number of benzene rings is 2. The molecular formula is C19H15N3OS3. The van der Waals surface area contributed by atoms with Gasteiger partial charge in [-0.1, -0.05) is 71.6 Å². The zero-order chi connectivity index (χ0) is 18.1. The largest absolute Gasteiger partial charge is 0.289 e. The standard InChI is InChI=1S/C19H15N3OS3/c1-21-17(23)15-16(20-18(21)25-12-13-8-4-2-5-9-13)22(19(24)26-15)14-10-6-3-7-11-14/h2-11H,12H2,1H3. The second-order valence-corrected chi connectivity index (χ2v) is 8.31. The highest BCUT2D eigenvalue weighted by atomic mass is 32.2. The summed E-state index contributed by atoms with van der Waals surface area (Å²) in [6, 6.07) is 20.0. The molecule has 0 saturated carbocycles. The lowest BCUT2D eigenvalue weighted by molar-refractivity contribution is 0.722. The number of thiazole rings is 1. The summed E-state index contributed by atoms with van der Waals surface area (Å²) in [7, 11) is 1.76. The van der Waals surface area contributed by atoms with Crippen molar-refractivity contribution in [2.24, 2.45) is 7.05 Å². The normalized spacial score (nSPS) is 11.1. The molecule has 0 spiro atoms. The van der Waals surface area contributed by atoms with E-state index < -0.39 is 0 Å². The number of hydrogen-bond acceptors (Lipinski definition) is 5. The second kappa shape index (κ2) is 7.19. The number of para-hydroxylation sites is 1. The van der Waals surface area contributed by atoms with Crippen LogP contribution in [-0.2, 0) is 12.8 Å². The van der Waals surface area contributed by atoms with Gasteiger partial charge in [-0.15, -0.1) is 0 Å². The van der Waals surface area contributed by atoms with E-state index in [9.17, 15) is 4.79 Å². The van der Waals surface area contributed by atoms with Crippen LogP contribution in [0, 0.1) is 3.95 Å². The topological polar surface area (TPSA) is 39.8 Å². The predicted molar refractivity (Wildman–Crippen MR) is 111 cm³/mol. The van der Waals surface area contributed by atoms with E-state index >= 15 is 0 Å². The number of nitrogens with zero attached hydrogens (tertiary/aromatic N) is 3. The SMILES string of the molecule is Cn1c(SCc2ccccc2)nc2c(sc(=S)n2-c2ccccc2)c1=O. The smallest absolute Gasteiger partial charge is 0.273 e. The predicted octanol–water partition coefficient (Wildman–Crippen LogP) is 4.81. The van der Waals surface area contributed by atoms with E-state index in [4.69, 9.17) is 17.2 Å². The van der Waals surface area contributed by atoms with Crippen molar-refractivity contribution in [3.63, 3.8) is 0 Å². The molecular weight excluding hydrogens is 382 g/mol. The maximum absolute atomic E-state index is 12.8. The van der Waals surface area contributed by atoms with Crippen LogP contribution in [0.3, 0.4) is 0 Å². The van der Waals surface area contributed by atoms with E-state index in [-0.39, 0.29) is 5.56 Å². The molecule has 4 nitrogen and oxygen atoms in total. The molecule has 0 aliphatic carbocycles. The van der Waals surface area contributed by atoms with Crippen LogP contribution in [0.2, 0.25) is 0 Å². The van der Waals surface area contributed by atoms with E-state index in [0.29, 0.717) is 19.5 Å². The van der Waals surface area contributed by atoms with Gasteiger partial charge in [-0.25, -0.2) is 4.98 Å². The third kappa shape index (κ3) is 3.13. The van der Waals surface area contributed by atoms with Gasteiger partial charge < -0.3 is 0 Å². The molecule has 0 amide bonds. The molecule has 0 aliphatic rings. The monoisotopic (exact) mass is 397 g/mol. The van der Waals surface area contributed by atoms with E-state index in [1.165, 1.54) is 16.9 Å². The molecule has 4 aromatic rings. The fourth-order valence-corrected chi connectivity index (χ4v) is 4.94. The molecule has 0 atom stereocenters. The zero-order valence-electron chi connectivity index (χ0n) is 14.0. The minimum Gasteiger partial charge on any atom is -0.289 e. The summed E-state index contributed by atoms with van der Waals surface area (Å²) in [6.07, 6.45) is 0. The van der Waals surface area contributed by atoms with E-state index in [0.717, 1.165) is 11.4 Å². The summed E-state index contributed by atoms with van der Waals surface area (Å²) in [5.74, 6) is 0.753. The number of thioether (sulfide) groups is 1. The quantitative estimate of drug-likeness (QED) is 0.282. The van der Waals surface area contributed by atoms with Crippen LogP contribution in [-0.4, -0.2) is 14.1 Å². The third-order valence-electron chi connectivity index (χ3n) is 4.00. The molecule has 26 heavy (non-hydrogen) atoms. The first-order valence-corrected chi connectivity index (χ1v) is 10.2. The highest BCUT2D eigenvalue weighted by Crippen LogP contribution is 2.26. The average molecular weight is 398 g/mol. The number of rotatable bonds is 4. The first kappa shape index (κ1) is 17.2. The molecule has 0 aliphatic heterocycles. The second-order valence-electron chi connectivity index (χ2n) is 5.72. The van der Waals surface area contributed by atoms with Crippen molar-refractivity contribution in [2.75, 3.05) is 0 Å². The number of aromatic nitrogens is 3. The van der Waals surface area contributed by atoms with Crippen molar-refractivity contribution in [1.29, 1.82) is 0 Å². The Balaban J connectivity index is 1.83. The summed E-state index contributed by atoms with van der Waals surface area (Å²) in [5, 5.41) is 0.684. The maximum Gasteiger partial charge on any atom is 0.273 e. The average Bonchev–Trinajstić information content (AvgIpc) is 3.01. The molecule has 4 rings (SSSR count). The van der Waals surface area contributed by atoms with Gasteiger partial charge in [0.25, 0.3) is 5.56 Å². The maximum atomic E-state index is 12.8. The Morgan fingerprint density at radius 2 is 1.73 bits per heavy atom. The summed E-state index contributed by atoms with van der Waals surface area (Å²) in [6.45, 7) is 0. The van der Waals surface area contributed by atoms with Crippen LogP contribution in [0.4, 0.5) is 0 Å². The Labute approximate surface area is 163 Å². The lowest BCUT2D eigenvalue weighted by Crippen LogP contribution is -2.19. The van der Waals surface area contributed by atoms with Gasteiger partial charge in [-0.3, -0.25) is 13.9 Å². The fourth-order valence-electron chi connectivity index (χ4n) is 2.67. The van der Waals surface area contributed by atoms with Crippen LogP contribution in [0.5, 0.6) is 0 Å². The van der Waals surface area contributed by atoms with Gasteiger partial charge in [0.1, 0.15) is 4.70 Å². The summed E-state index contributed by atoms with van der Waals surface area (Å²) < 4.78 is 4.70. The molecule has 0 radical (unpaired) electrons. The summed E-state index contributed by atoms with van der Waals surface area (Å²) in [4.78, 5) is 17.6. The molecule has 0 fully saturated rings. The van der Waals surface area contributed by atoms with Gasteiger partial charge in [-0.05, 0) is 29.9 Å². The van der Waals surface area contributed by atoms with Crippen LogP contribution in [0.25, 0.3) is 16.0 Å². The van der Waals surface area contributed by atoms with E-state index in [1.54, 1.807) is 23.4 Å². The Hall–Kier alpha value is -2.22. The minimum atomic E-state index is -0.0589. The van der Waals surface area contributed by atoms with Crippen molar-refractivity contribution in [3.05, 3.63) is 80.5 Å². The fraction of sp³-hybridized carbons (Fsp3) is 0.105. The van der Waals surface area contributed by atoms with Crippen LogP contribution < -0.4 is 5.56 Å². The lowest BCUT2D eigenvalue weighted by Gasteiger charge is -2.09. The van der Waals surface area contributed by atoms with Crippen LogP contribution >= 0.6 is 35.3 Å². The van der Waals surface area contributed by atoms with Crippen LogP contribution in [0.15, 0.2) is 70.6 Å². The molecule has 0 saturated heterocycles. The molecule has 7 heteroatoms. The van der Waals surface area contributed by atoms with Crippen molar-refractivity contribution >= 4 is 45.7 Å². The van der Waals surface area contributed by atoms with Crippen LogP contribution in [0.1, 0.15) is 5.56 Å². The summed E-state index contributed by atoms with van der Waals surface area (Å²) >= 11 is 8.37. The van der Waals surface area contributed by atoms with Gasteiger partial charge in [-0.2, -0.15) is 0 Å². The van der Waals surface area contributed by atoms with E-state index in [2.05, 4.69) is 12.1 Å². The highest BCUT2D eigenvalue weighted by Gasteiger charge is 2.16. The summed E-state index contributed by atoms with van der Waals surface area (Å²) in [5.41, 5.74) is 2.68. The number of hydrogen-bond donors (Lipinski definition) is 0. The van der Waals surface area contributed by atoms with Crippen molar-refractivity contribution < 1.29 is 0 Å². The van der Waals surface area contributed by atoms with Gasteiger partial charge in [0.2, 0.25) is 0 Å². The zero-order valence-corrected chi connectivity index (χ0v) is 16.4. The first-order valence-electron chi connectivity index (χ1n) is 8.00. The first-order chi connectivity index (χ1) is 12.6. The number of fused-ring (bicyclic) bond motifs is 1. The molecule has 0 bridgehead atoms. The Morgan fingerprint density at radius 3 is 2.42 bits per heavy atom. The highest BCUT2D eigenvalue weighted by molar-refractivity contribution is 7.98. The Morgan fingerprint density at radius 1 is 1.08 bits per heavy atom. The molecule has 2 aromatic carbocycles. The third-order valence-corrected chi connectivity index (χ3v) is 6.45. The molecule has 2 aromatic heterocycles. The van der Waals surface area contributed by atoms with Crippen molar-refractivity contribution in [2.45, 2.75) is 10.9 Å². The molecule has 2 heterocycles. The van der Waals surface area contributed by atoms with E-state index in [1.807, 2.05) is 53.1 Å². The lowest BCUT2D eigenvalue weighted by atomic mass is 10.2. The van der Waals surface area contributed by atoms with Crippen molar-refractivity contribution in [3.8, 4) is 5.69 Å². The minimum absolute atomic E-state index is 0.0589. The molecule has 0 N–H and O–H groups in total. The Kier molecular flexibility index (Phi) is 4.76. The van der Waals surface area contributed by atoms with Gasteiger partial charge in [0, 0.05) is 18.5 Å². The Bertz CT molecular complexity index is 1180. The van der Waals surface area contributed by atoms with Gasteiger partial charge in [0.15, 0.2) is 14.8 Å². The van der Waals surface area contributed by atoms with Gasteiger partial charge in [0.05, 0.1) is 0 Å². The van der Waals surface area contributed by atoms with Gasteiger partial charge >= 0.3 is 0 Å². The van der Waals surface area contributed by atoms with Crippen molar-refractivity contribution in [1.82, 2.24) is 14.1 Å².